The van der Waals surface area contributed by atoms with E-state index in [0.29, 0.717) is 12.6 Å². The Morgan fingerprint density at radius 1 is 1.43 bits per heavy atom. The fourth-order valence-corrected chi connectivity index (χ4v) is 3.04. The third-order valence-electron chi connectivity index (χ3n) is 4.12. The predicted molar refractivity (Wildman–Crippen MR) is 82.2 cm³/mol. The summed E-state index contributed by atoms with van der Waals surface area (Å²) in [5.41, 5.74) is 2.45. The van der Waals surface area contributed by atoms with E-state index in [9.17, 15) is 0 Å². The van der Waals surface area contributed by atoms with E-state index in [4.69, 9.17) is 4.74 Å². The molecule has 5 nitrogen and oxygen atoms in total. The summed E-state index contributed by atoms with van der Waals surface area (Å²) in [6.07, 6.45) is 3.98. The minimum atomic E-state index is 0.275. The van der Waals surface area contributed by atoms with Crippen molar-refractivity contribution in [1.29, 1.82) is 0 Å². The number of likely N-dealkylation sites (N-methyl/N-ethyl adjacent to an activating group) is 2. The van der Waals surface area contributed by atoms with Gasteiger partial charge in [-0.05, 0) is 20.2 Å². The summed E-state index contributed by atoms with van der Waals surface area (Å²) in [7, 11) is 6.09. The fraction of sp³-hybridized carbons (Fsp3) is 0.438. The van der Waals surface area contributed by atoms with Gasteiger partial charge in [-0.15, -0.1) is 0 Å². The molecule has 1 aromatic carbocycles. The van der Waals surface area contributed by atoms with Crippen molar-refractivity contribution in [2.24, 2.45) is 7.05 Å². The highest BCUT2D eigenvalue weighted by Gasteiger charge is 2.32. The van der Waals surface area contributed by atoms with Crippen LogP contribution in [0.2, 0.25) is 0 Å². The van der Waals surface area contributed by atoms with Crippen molar-refractivity contribution >= 4 is 0 Å². The number of hydrogen-bond donors (Lipinski definition) is 1. The fourth-order valence-electron chi connectivity index (χ4n) is 3.04. The number of nitrogens with zero attached hydrogens (tertiary/aromatic N) is 3. The molecule has 2 unspecified atom stereocenters. The van der Waals surface area contributed by atoms with Crippen molar-refractivity contribution in [2.45, 2.75) is 18.6 Å². The molecule has 0 aliphatic carbocycles. The molecule has 112 valence electrons. The summed E-state index contributed by atoms with van der Waals surface area (Å²) < 4.78 is 7.77. The van der Waals surface area contributed by atoms with Crippen LogP contribution in [0.15, 0.2) is 36.7 Å². The Bertz CT molecular complexity index is 610. The highest BCUT2D eigenvalue weighted by atomic mass is 16.5. The van der Waals surface area contributed by atoms with E-state index in [0.717, 1.165) is 12.3 Å². The first-order valence-corrected chi connectivity index (χ1v) is 7.26. The largest absolute Gasteiger partial charge is 0.492 e. The van der Waals surface area contributed by atoms with E-state index >= 15 is 0 Å². The van der Waals surface area contributed by atoms with Gasteiger partial charge in [0.2, 0.25) is 0 Å². The topological polar surface area (TPSA) is 42.3 Å². The van der Waals surface area contributed by atoms with Crippen LogP contribution >= 0.6 is 0 Å². The normalized spacial score (nSPS) is 21.1. The van der Waals surface area contributed by atoms with Crippen molar-refractivity contribution in [2.75, 3.05) is 20.7 Å². The van der Waals surface area contributed by atoms with Gasteiger partial charge >= 0.3 is 0 Å². The van der Waals surface area contributed by atoms with Crippen LogP contribution in [-0.2, 0) is 13.6 Å². The summed E-state index contributed by atoms with van der Waals surface area (Å²) in [5.74, 6) is 0.989. The molecular formula is C16H22N4O. The van der Waals surface area contributed by atoms with Gasteiger partial charge in [0.25, 0.3) is 0 Å². The van der Waals surface area contributed by atoms with Gasteiger partial charge in [0.05, 0.1) is 18.3 Å². The zero-order chi connectivity index (χ0) is 14.8. The Kier molecular flexibility index (Phi) is 3.94. The lowest BCUT2D eigenvalue weighted by Gasteiger charge is -2.38. The third kappa shape index (κ3) is 2.80. The molecule has 0 amide bonds. The van der Waals surface area contributed by atoms with Crippen LogP contribution in [0.1, 0.15) is 17.2 Å². The van der Waals surface area contributed by atoms with Gasteiger partial charge in [0.15, 0.2) is 0 Å². The number of benzene rings is 1. The number of aromatic nitrogens is 2. The molecule has 0 radical (unpaired) electrons. The molecule has 0 fully saturated rings. The summed E-state index contributed by atoms with van der Waals surface area (Å²) in [6.45, 7) is 1.56. The highest BCUT2D eigenvalue weighted by Crippen LogP contribution is 2.33. The second-order valence-electron chi connectivity index (χ2n) is 5.62. The number of para-hydroxylation sites is 1. The zero-order valence-corrected chi connectivity index (χ0v) is 12.8. The molecule has 1 aliphatic rings. The Hall–Kier alpha value is -1.85. The molecule has 2 atom stereocenters. The number of ether oxygens (including phenoxy) is 1. The average Bonchev–Trinajstić information content (AvgIpc) is 2.91. The standard InChI is InChI=1S/C16H22N4O/c1-17-16-13-6-4-5-7-15(13)21-11-14(16)19(2)9-12-8-18-20(3)10-12/h4-8,10,14,16-17H,9,11H2,1-3H3. The molecular weight excluding hydrogens is 264 g/mol. The van der Waals surface area contributed by atoms with Crippen LogP contribution in [0.4, 0.5) is 0 Å². The molecule has 0 saturated heterocycles. The Morgan fingerprint density at radius 2 is 2.24 bits per heavy atom. The summed E-state index contributed by atoms with van der Waals surface area (Å²) in [5, 5.41) is 7.67. The molecule has 1 aromatic heterocycles. The quantitative estimate of drug-likeness (QED) is 0.926. The summed E-state index contributed by atoms with van der Waals surface area (Å²) >= 11 is 0. The van der Waals surface area contributed by atoms with E-state index in [1.165, 1.54) is 11.1 Å². The van der Waals surface area contributed by atoms with Crippen molar-refractivity contribution in [1.82, 2.24) is 20.0 Å². The van der Waals surface area contributed by atoms with Gasteiger partial charge in [-0.3, -0.25) is 9.58 Å². The molecule has 1 N–H and O–H groups in total. The molecule has 2 aromatic rings. The molecule has 0 spiro atoms. The summed E-state index contributed by atoms with van der Waals surface area (Å²) in [4.78, 5) is 2.33. The van der Waals surface area contributed by atoms with Crippen molar-refractivity contribution in [3.05, 3.63) is 47.8 Å². The third-order valence-corrected chi connectivity index (χ3v) is 4.12. The van der Waals surface area contributed by atoms with Crippen LogP contribution in [0.5, 0.6) is 5.75 Å². The lowest BCUT2D eigenvalue weighted by Crippen LogP contribution is -2.47. The van der Waals surface area contributed by atoms with E-state index in [2.05, 4.69) is 40.7 Å². The Labute approximate surface area is 125 Å². The zero-order valence-electron chi connectivity index (χ0n) is 12.8. The van der Waals surface area contributed by atoms with E-state index in [1.54, 1.807) is 0 Å². The van der Waals surface area contributed by atoms with Gasteiger partial charge in [0, 0.05) is 30.9 Å². The molecule has 3 rings (SSSR count). The molecule has 1 aliphatic heterocycles. The highest BCUT2D eigenvalue weighted by molar-refractivity contribution is 5.38. The van der Waals surface area contributed by atoms with Gasteiger partial charge in [0.1, 0.15) is 12.4 Å². The number of hydrogen-bond acceptors (Lipinski definition) is 4. The van der Waals surface area contributed by atoms with Gasteiger partial charge in [-0.2, -0.15) is 5.10 Å². The molecule has 2 heterocycles. The van der Waals surface area contributed by atoms with Crippen molar-refractivity contribution in [3.63, 3.8) is 0 Å². The number of rotatable bonds is 4. The van der Waals surface area contributed by atoms with Crippen LogP contribution < -0.4 is 10.1 Å². The Balaban J connectivity index is 1.78. The monoisotopic (exact) mass is 286 g/mol. The van der Waals surface area contributed by atoms with Crippen LogP contribution in [0.3, 0.4) is 0 Å². The second kappa shape index (κ2) is 5.87. The van der Waals surface area contributed by atoms with E-state index < -0.39 is 0 Å². The maximum absolute atomic E-state index is 5.93. The average molecular weight is 286 g/mol. The van der Waals surface area contributed by atoms with Crippen LogP contribution in [-0.4, -0.2) is 41.4 Å². The smallest absolute Gasteiger partial charge is 0.124 e. The summed E-state index contributed by atoms with van der Waals surface area (Å²) in [6, 6.07) is 8.83. The van der Waals surface area contributed by atoms with Gasteiger partial charge in [-0.1, -0.05) is 18.2 Å². The Morgan fingerprint density at radius 3 is 2.95 bits per heavy atom. The maximum Gasteiger partial charge on any atom is 0.124 e. The van der Waals surface area contributed by atoms with Gasteiger partial charge in [-0.25, -0.2) is 0 Å². The van der Waals surface area contributed by atoms with Crippen molar-refractivity contribution in [3.8, 4) is 5.75 Å². The lowest BCUT2D eigenvalue weighted by atomic mass is 9.95. The number of nitrogens with one attached hydrogen (secondary N) is 1. The molecule has 5 heteroatoms. The minimum absolute atomic E-state index is 0.275. The van der Waals surface area contributed by atoms with E-state index in [1.807, 2.05) is 37.1 Å². The van der Waals surface area contributed by atoms with Crippen LogP contribution in [0, 0.1) is 0 Å². The lowest BCUT2D eigenvalue weighted by molar-refractivity contribution is 0.104. The van der Waals surface area contributed by atoms with Crippen LogP contribution in [0.25, 0.3) is 0 Å². The second-order valence-corrected chi connectivity index (χ2v) is 5.62. The molecule has 0 bridgehead atoms. The maximum atomic E-state index is 5.93. The first-order chi connectivity index (χ1) is 10.2. The van der Waals surface area contributed by atoms with E-state index in [-0.39, 0.29) is 6.04 Å². The minimum Gasteiger partial charge on any atom is -0.492 e. The SMILES string of the molecule is CNC1c2ccccc2OCC1N(C)Cc1cnn(C)c1. The van der Waals surface area contributed by atoms with Crippen molar-refractivity contribution < 1.29 is 4.74 Å². The predicted octanol–water partition coefficient (Wildman–Crippen LogP) is 1.57. The molecule has 21 heavy (non-hydrogen) atoms. The first kappa shape index (κ1) is 14.1. The first-order valence-electron chi connectivity index (χ1n) is 7.26. The number of aryl methyl sites for hydroxylation is 1. The molecule has 0 saturated carbocycles. The number of fused-ring (bicyclic) bond motifs is 1. The van der Waals surface area contributed by atoms with Gasteiger partial charge < -0.3 is 10.1 Å².